The summed E-state index contributed by atoms with van der Waals surface area (Å²) in [6, 6.07) is 1.17. The number of carboxylic acid groups (broad SMARTS) is 1. The number of hydrogen-bond donors (Lipinski definition) is 2. The summed E-state index contributed by atoms with van der Waals surface area (Å²) in [5.74, 6) is -1.52. The van der Waals surface area contributed by atoms with Gasteiger partial charge in [0.25, 0.3) is 0 Å². The molecule has 0 fully saturated rings. The molecule has 0 spiro atoms. The molecule has 17 heavy (non-hydrogen) atoms. The van der Waals surface area contributed by atoms with Crippen molar-refractivity contribution in [3.05, 3.63) is 11.6 Å². The Balaban J connectivity index is 0.00000256. The highest BCUT2D eigenvalue weighted by molar-refractivity contribution is 5.93. The molecule has 0 aliphatic rings. The molecule has 0 amide bonds. The van der Waals surface area contributed by atoms with E-state index in [4.69, 9.17) is 19.3 Å². The molecule has 0 radical (unpaired) electrons. The predicted octanol–water partition coefficient (Wildman–Crippen LogP) is 0.291. The van der Waals surface area contributed by atoms with E-state index in [9.17, 15) is 9.90 Å². The van der Waals surface area contributed by atoms with E-state index in [0.29, 0.717) is 0 Å². The van der Waals surface area contributed by atoms with Crippen LogP contribution in [-0.4, -0.2) is 43.0 Å². The second-order valence-electron chi connectivity index (χ2n) is 2.85. The molecule has 0 aromatic heterocycles. The zero-order valence-corrected chi connectivity index (χ0v) is 9.60. The van der Waals surface area contributed by atoms with Gasteiger partial charge in [0.2, 0.25) is 11.5 Å². The fraction of sp³-hybridized carbons (Fsp3) is 0.300. The Hall–Kier alpha value is -2.15. The number of rotatable bonds is 4. The standard InChI is InChI=1S/C10H12O6.H2O/c1-14-6-4-5(10(12)13)7(11)9(16-3)8(6)15-2;/h4,11H,1-3H3,(H,12,13);1H2. The molecule has 1 aromatic carbocycles. The zero-order valence-electron chi connectivity index (χ0n) is 9.60. The summed E-state index contributed by atoms with van der Waals surface area (Å²) >= 11 is 0. The van der Waals surface area contributed by atoms with Crippen molar-refractivity contribution in [2.75, 3.05) is 21.3 Å². The van der Waals surface area contributed by atoms with Crippen LogP contribution in [0.25, 0.3) is 0 Å². The molecule has 0 aliphatic carbocycles. The summed E-state index contributed by atoms with van der Waals surface area (Å²) in [6.07, 6.45) is 0. The van der Waals surface area contributed by atoms with Crippen LogP contribution < -0.4 is 14.2 Å². The number of carboxylic acids is 1. The molecule has 1 aromatic rings. The van der Waals surface area contributed by atoms with Crippen LogP contribution >= 0.6 is 0 Å². The minimum absolute atomic E-state index is 0. The summed E-state index contributed by atoms with van der Waals surface area (Å²) in [7, 11) is 4.02. The third-order valence-electron chi connectivity index (χ3n) is 2.03. The van der Waals surface area contributed by atoms with Gasteiger partial charge in [-0.2, -0.15) is 0 Å². The van der Waals surface area contributed by atoms with Gasteiger partial charge in [-0.25, -0.2) is 4.79 Å². The molecule has 1 rings (SSSR count). The maximum absolute atomic E-state index is 10.8. The van der Waals surface area contributed by atoms with Crippen molar-refractivity contribution in [2.45, 2.75) is 0 Å². The van der Waals surface area contributed by atoms with E-state index in [1.807, 2.05) is 0 Å². The lowest BCUT2D eigenvalue weighted by molar-refractivity contribution is 0.0692. The number of benzene rings is 1. The average Bonchev–Trinajstić information content (AvgIpc) is 2.27. The molecule has 0 saturated carbocycles. The van der Waals surface area contributed by atoms with Gasteiger partial charge in [-0.15, -0.1) is 0 Å². The molecule has 0 aliphatic heterocycles. The Morgan fingerprint density at radius 3 is 2.00 bits per heavy atom. The molecule has 0 bridgehead atoms. The summed E-state index contributed by atoms with van der Waals surface area (Å²) in [5, 5.41) is 18.5. The minimum Gasteiger partial charge on any atom is -0.504 e. The second-order valence-corrected chi connectivity index (χ2v) is 2.85. The minimum atomic E-state index is -1.28. The van der Waals surface area contributed by atoms with Crippen molar-refractivity contribution in [3.63, 3.8) is 0 Å². The topological polar surface area (TPSA) is 117 Å². The van der Waals surface area contributed by atoms with Crippen molar-refractivity contribution in [1.82, 2.24) is 0 Å². The zero-order chi connectivity index (χ0) is 12.3. The van der Waals surface area contributed by atoms with Crippen LogP contribution in [0.3, 0.4) is 0 Å². The van der Waals surface area contributed by atoms with Crippen LogP contribution in [0, 0.1) is 0 Å². The predicted molar refractivity (Wildman–Crippen MR) is 58.3 cm³/mol. The quantitative estimate of drug-likeness (QED) is 0.788. The van der Waals surface area contributed by atoms with Crippen molar-refractivity contribution >= 4 is 5.97 Å². The molecular weight excluding hydrogens is 232 g/mol. The number of phenols is 1. The molecule has 0 saturated heterocycles. The number of hydrogen-bond acceptors (Lipinski definition) is 5. The van der Waals surface area contributed by atoms with Gasteiger partial charge in [-0.05, 0) is 0 Å². The summed E-state index contributed by atoms with van der Waals surface area (Å²) in [4.78, 5) is 10.8. The Morgan fingerprint density at radius 1 is 1.12 bits per heavy atom. The lowest BCUT2D eigenvalue weighted by atomic mass is 10.1. The maximum Gasteiger partial charge on any atom is 0.339 e. The molecule has 0 unspecified atom stereocenters. The number of aromatic carboxylic acids is 1. The average molecular weight is 246 g/mol. The van der Waals surface area contributed by atoms with E-state index in [2.05, 4.69) is 0 Å². The number of ether oxygens (including phenoxy) is 3. The highest BCUT2D eigenvalue weighted by atomic mass is 16.5. The number of methoxy groups -OCH3 is 3. The largest absolute Gasteiger partial charge is 0.504 e. The third-order valence-corrected chi connectivity index (χ3v) is 2.03. The van der Waals surface area contributed by atoms with Gasteiger partial charge >= 0.3 is 5.97 Å². The maximum atomic E-state index is 10.8. The normalized spacial score (nSPS) is 9.12. The van der Waals surface area contributed by atoms with Crippen LogP contribution in [0.15, 0.2) is 6.07 Å². The molecular formula is C10H14O7. The highest BCUT2D eigenvalue weighted by Gasteiger charge is 2.23. The van der Waals surface area contributed by atoms with Crippen molar-refractivity contribution in [2.24, 2.45) is 0 Å². The first-order chi connectivity index (χ1) is 7.56. The van der Waals surface area contributed by atoms with E-state index in [-0.39, 0.29) is 28.3 Å². The van der Waals surface area contributed by atoms with Gasteiger partial charge in [0, 0.05) is 6.07 Å². The van der Waals surface area contributed by atoms with Gasteiger partial charge in [0.05, 0.1) is 21.3 Å². The van der Waals surface area contributed by atoms with Gasteiger partial charge in [-0.1, -0.05) is 0 Å². The lowest BCUT2D eigenvalue weighted by Crippen LogP contribution is -2.02. The van der Waals surface area contributed by atoms with Crippen LogP contribution in [0.1, 0.15) is 10.4 Å². The lowest BCUT2D eigenvalue weighted by Gasteiger charge is -2.14. The van der Waals surface area contributed by atoms with E-state index >= 15 is 0 Å². The van der Waals surface area contributed by atoms with Crippen molar-refractivity contribution in [1.29, 1.82) is 0 Å². The molecule has 7 heteroatoms. The third kappa shape index (κ3) is 2.51. The van der Waals surface area contributed by atoms with Crippen LogP contribution in [-0.2, 0) is 0 Å². The SMILES string of the molecule is COc1cc(C(=O)O)c(O)c(OC)c1OC.O. The fourth-order valence-electron chi connectivity index (χ4n) is 1.30. The van der Waals surface area contributed by atoms with Gasteiger partial charge in [-0.3, -0.25) is 0 Å². The van der Waals surface area contributed by atoms with E-state index in [1.54, 1.807) is 0 Å². The monoisotopic (exact) mass is 246 g/mol. The summed E-state index contributed by atoms with van der Waals surface area (Å²) < 4.78 is 14.8. The Kier molecular flexibility index (Phi) is 5.07. The molecule has 0 heterocycles. The van der Waals surface area contributed by atoms with Crippen LogP contribution in [0.5, 0.6) is 23.0 Å². The fourth-order valence-corrected chi connectivity index (χ4v) is 1.30. The smallest absolute Gasteiger partial charge is 0.339 e. The first kappa shape index (κ1) is 14.8. The van der Waals surface area contributed by atoms with Crippen molar-refractivity contribution < 1.29 is 34.7 Å². The first-order valence-corrected chi connectivity index (χ1v) is 4.32. The molecule has 96 valence electrons. The molecule has 0 atom stereocenters. The summed E-state index contributed by atoms with van der Waals surface area (Å²) in [5.41, 5.74) is -0.311. The molecule has 7 nitrogen and oxygen atoms in total. The van der Waals surface area contributed by atoms with E-state index in [1.165, 1.54) is 27.4 Å². The highest BCUT2D eigenvalue weighted by Crippen LogP contribution is 2.45. The van der Waals surface area contributed by atoms with Gasteiger partial charge in [0.15, 0.2) is 11.5 Å². The Labute approximate surface area is 97.5 Å². The van der Waals surface area contributed by atoms with E-state index in [0.717, 1.165) is 0 Å². The summed E-state index contributed by atoms with van der Waals surface area (Å²) in [6.45, 7) is 0. The van der Waals surface area contributed by atoms with Crippen LogP contribution in [0.2, 0.25) is 0 Å². The first-order valence-electron chi connectivity index (χ1n) is 4.32. The van der Waals surface area contributed by atoms with Gasteiger partial charge < -0.3 is 29.9 Å². The van der Waals surface area contributed by atoms with E-state index < -0.39 is 11.7 Å². The Bertz CT molecular complexity index is 414. The molecule has 4 N–H and O–H groups in total. The Morgan fingerprint density at radius 2 is 1.65 bits per heavy atom. The van der Waals surface area contributed by atoms with Crippen LogP contribution in [0.4, 0.5) is 0 Å². The number of aromatic hydroxyl groups is 1. The number of carbonyl (C=O) groups is 1. The van der Waals surface area contributed by atoms with Gasteiger partial charge in [0.1, 0.15) is 5.56 Å². The second kappa shape index (κ2) is 5.80. The van der Waals surface area contributed by atoms with Crippen molar-refractivity contribution in [3.8, 4) is 23.0 Å².